The molecule has 0 radical (unpaired) electrons. The first-order chi connectivity index (χ1) is 14.7. The van der Waals surface area contributed by atoms with E-state index in [0.29, 0.717) is 5.56 Å². The highest BCUT2D eigenvalue weighted by atomic mass is 16.6. The Hall–Kier alpha value is -2.91. The summed E-state index contributed by atoms with van der Waals surface area (Å²) in [5.74, 6) is -0.218. The molecule has 1 saturated heterocycles. The molecule has 1 atom stereocenters. The Morgan fingerprint density at radius 3 is 1.80 bits per heavy atom. The van der Waals surface area contributed by atoms with E-state index in [1.54, 1.807) is 0 Å². The lowest BCUT2D eigenvalue weighted by atomic mass is 9.76. The average Bonchev–Trinajstić information content (AvgIpc) is 3.32. The average molecular weight is 400 g/mol. The number of carbonyl (C=O) groups is 1. The Bertz CT molecular complexity index is 895. The molecule has 154 valence electrons. The van der Waals surface area contributed by atoms with Crippen LogP contribution >= 0.6 is 0 Å². The third-order valence-corrected chi connectivity index (χ3v) is 6.09. The fourth-order valence-corrected chi connectivity index (χ4v) is 4.59. The number of benzene rings is 3. The summed E-state index contributed by atoms with van der Waals surface area (Å²) < 4.78 is 6.50. The summed E-state index contributed by atoms with van der Waals surface area (Å²) in [6.45, 7) is 5.30. The van der Waals surface area contributed by atoms with Crippen molar-refractivity contribution in [2.45, 2.75) is 25.4 Å². The number of ether oxygens (including phenoxy) is 1. The zero-order chi connectivity index (χ0) is 20.8. The lowest BCUT2D eigenvalue weighted by molar-refractivity contribution is -0.0334. The van der Waals surface area contributed by atoms with Crippen LogP contribution in [0.5, 0.6) is 0 Å². The van der Waals surface area contributed by atoms with Gasteiger partial charge in [-0.15, -0.1) is 0 Å². The number of carbonyl (C=O) groups excluding carboxylic acids is 1. The van der Waals surface area contributed by atoms with Gasteiger partial charge in [-0.3, -0.25) is 0 Å². The zero-order valence-electron chi connectivity index (χ0n) is 17.5. The van der Waals surface area contributed by atoms with Crippen molar-refractivity contribution >= 4 is 5.97 Å². The second-order valence-corrected chi connectivity index (χ2v) is 8.13. The van der Waals surface area contributed by atoms with Crippen LogP contribution in [0.4, 0.5) is 0 Å². The van der Waals surface area contributed by atoms with Crippen LogP contribution in [-0.4, -0.2) is 30.5 Å². The summed E-state index contributed by atoms with van der Waals surface area (Å²) in [5, 5.41) is 0. The zero-order valence-corrected chi connectivity index (χ0v) is 17.5. The quantitative estimate of drug-likeness (QED) is 0.490. The molecule has 3 heteroatoms. The fraction of sp³-hybridized carbons (Fsp3) is 0.296. The van der Waals surface area contributed by atoms with E-state index in [0.717, 1.165) is 30.8 Å². The van der Waals surface area contributed by atoms with Gasteiger partial charge in [0.25, 0.3) is 0 Å². The normalized spacial score (nSPS) is 15.6. The second kappa shape index (κ2) is 9.27. The van der Waals surface area contributed by atoms with Gasteiger partial charge in [-0.1, -0.05) is 85.8 Å². The first-order valence-electron chi connectivity index (χ1n) is 10.8. The third-order valence-electron chi connectivity index (χ3n) is 6.09. The van der Waals surface area contributed by atoms with Crippen LogP contribution in [0.2, 0.25) is 0 Å². The summed E-state index contributed by atoms with van der Waals surface area (Å²) in [4.78, 5) is 15.8. The van der Waals surface area contributed by atoms with Crippen LogP contribution in [-0.2, 0) is 10.3 Å². The predicted octanol–water partition coefficient (Wildman–Crippen LogP) is 5.52. The molecule has 0 aliphatic carbocycles. The predicted molar refractivity (Wildman–Crippen MR) is 120 cm³/mol. The van der Waals surface area contributed by atoms with Gasteiger partial charge < -0.3 is 9.64 Å². The Balaban J connectivity index is 1.81. The molecule has 0 aromatic heterocycles. The minimum Gasteiger partial charge on any atom is -0.445 e. The highest BCUT2D eigenvalue weighted by Crippen LogP contribution is 2.42. The molecule has 0 spiro atoms. The van der Waals surface area contributed by atoms with Crippen molar-refractivity contribution in [1.82, 2.24) is 4.90 Å². The monoisotopic (exact) mass is 399 g/mol. The van der Waals surface area contributed by atoms with Crippen LogP contribution in [0, 0.1) is 5.92 Å². The number of likely N-dealkylation sites (tertiary alicyclic amines) is 1. The highest BCUT2D eigenvalue weighted by molar-refractivity contribution is 5.90. The van der Waals surface area contributed by atoms with Crippen LogP contribution in [0.1, 0.15) is 41.3 Å². The first-order valence-corrected chi connectivity index (χ1v) is 10.8. The van der Waals surface area contributed by atoms with E-state index in [2.05, 4.69) is 36.1 Å². The van der Waals surface area contributed by atoms with Crippen molar-refractivity contribution in [3.05, 3.63) is 108 Å². The molecule has 3 aromatic carbocycles. The van der Waals surface area contributed by atoms with Crippen molar-refractivity contribution in [3.8, 4) is 0 Å². The maximum atomic E-state index is 13.3. The SMILES string of the molecule is CC(CN1CCCC1)C(OC(=O)c1ccccc1)(c1ccccc1)c1ccccc1. The molecule has 4 rings (SSSR count). The number of hydrogen-bond acceptors (Lipinski definition) is 3. The van der Waals surface area contributed by atoms with Gasteiger partial charge in [0, 0.05) is 23.6 Å². The molecule has 0 bridgehead atoms. The van der Waals surface area contributed by atoms with Crippen LogP contribution in [0.15, 0.2) is 91.0 Å². The lowest BCUT2D eigenvalue weighted by Crippen LogP contribution is -2.44. The minimum atomic E-state index is -0.863. The van der Waals surface area contributed by atoms with Gasteiger partial charge in [-0.05, 0) is 38.1 Å². The van der Waals surface area contributed by atoms with Crippen LogP contribution < -0.4 is 0 Å². The number of rotatable bonds is 7. The van der Waals surface area contributed by atoms with Gasteiger partial charge in [0.1, 0.15) is 0 Å². The summed E-state index contributed by atoms with van der Waals surface area (Å²) in [7, 11) is 0. The van der Waals surface area contributed by atoms with Gasteiger partial charge in [0.05, 0.1) is 5.56 Å². The molecule has 0 saturated carbocycles. The molecule has 3 aromatic rings. The third kappa shape index (κ3) is 4.17. The molecule has 30 heavy (non-hydrogen) atoms. The molecule has 1 aliphatic heterocycles. The molecule has 1 aliphatic rings. The van der Waals surface area contributed by atoms with E-state index in [1.165, 1.54) is 12.8 Å². The molecule has 0 amide bonds. The Kier molecular flexibility index (Phi) is 6.29. The minimum absolute atomic E-state index is 0.0769. The summed E-state index contributed by atoms with van der Waals surface area (Å²) >= 11 is 0. The van der Waals surface area contributed by atoms with E-state index >= 15 is 0 Å². The van der Waals surface area contributed by atoms with E-state index in [-0.39, 0.29) is 11.9 Å². The molecule has 3 nitrogen and oxygen atoms in total. The smallest absolute Gasteiger partial charge is 0.339 e. The number of nitrogens with zero attached hydrogens (tertiary/aromatic N) is 1. The topological polar surface area (TPSA) is 29.5 Å². The molecule has 0 N–H and O–H groups in total. The Labute approximate surface area is 179 Å². The first kappa shape index (κ1) is 20.4. The van der Waals surface area contributed by atoms with Gasteiger partial charge in [0.15, 0.2) is 5.60 Å². The second-order valence-electron chi connectivity index (χ2n) is 8.13. The standard InChI is InChI=1S/C27H29NO2/c1-22(21-28-19-11-12-20-28)27(24-15-7-3-8-16-24,25-17-9-4-10-18-25)30-26(29)23-13-5-2-6-14-23/h2-10,13-18,22H,11-12,19-21H2,1H3. The van der Waals surface area contributed by atoms with Crippen molar-refractivity contribution in [1.29, 1.82) is 0 Å². The number of esters is 1. The lowest BCUT2D eigenvalue weighted by Gasteiger charge is -2.41. The van der Waals surface area contributed by atoms with Crippen molar-refractivity contribution in [2.24, 2.45) is 5.92 Å². The summed E-state index contributed by atoms with van der Waals surface area (Å²) in [5.41, 5.74) is 1.72. The van der Waals surface area contributed by atoms with Gasteiger partial charge in [0.2, 0.25) is 0 Å². The fourth-order valence-electron chi connectivity index (χ4n) is 4.59. The van der Waals surface area contributed by atoms with Gasteiger partial charge in [-0.25, -0.2) is 4.79 Å². The van der Waals surface area contributed by atoms with Crippen LogP contribution in [0.3, 0.4) is 0 Å². The van der Waals surface area contributed by atoms with Gasteiger partial charge >= 0.3 is 5.97 Å². The molecule has 1 heterocycles. The van der Waals surface area contributed by atoms with Crippen LogP contribution in [0.25, 0.3) is 0 Å². The van der Waals surface area contributed by atoms with Gasteiger partial charge in [-0.2, -0.15) is 0 Å². The van der Waals surface area contributed by atoms with E-state index in [4.69, 9.17) is 4.74 Å². The van der Waals surface area contributed by atoms with Crippen molar-refractivity contribution in [2.75, 3.05) is 19.6 Å². The van der Waals surface area contributed by atoms with E-state index in [9.17, 15) is 4.79 Å². The molecular formula is C27H29NO2. The Morgan fingerprint density at radius 2 is 1.30 bits per heavy atom. The van der Waals surface area contributed by atoms with E-state index in [1.807, 2.05) is 66.7 Å². The van der Waals surface area contributed by atoms with E-state index < -0.39 is 5.60 Å². The molecular weight excluding hydrogens is 370 g/mol. The highest BCUT2D eigenvalue weighted by Gasteiger charge is 2.44. The summed E-state index contributed by atoms with van der Waals surface area (Å²) in [6.07, 6.45) is 2.47. The maximum absolute atomic E-state index is 13.3. The van der Waals surface area contributed by atoms with Crippen molar-refractivity contribution < 1.29 is 9.53 Å². The number of hydrogen-bond donors (Lipinski definition) is 0. The maximum Gasteiger partial charge on any atom is 0.339 e. The molecule has 1 fully saturated rings. The van der Waals surface area contributed by atoms with Crippen molar-refractivity contribution in [3.63, 3.8) is 0 Å². The Morgan fingerprint density at radius 1 is 0.833 bits per heavy atom. The largest absolute Gasteiger partial charge is 0.445 e. The molecule has 1 unspecified atom stereocenters. The summed E-state index contributed by atoms with van der Waals surface area (Å²) in [6, 6.07) is 29.7.